The van der Waals surface area contributed by atoms with Crippen molar-refractivity contribution in [2.24, 2.45) is 0 Å². The lowest BCUT2D eigenvalue weighted by Crippen LogP contribution is -2.29. The Morgan fingerprint density at radius 2 is 1.96 bits per heavy atom. The van der Waals surface area contributed by atoms with Crippen LogP contribution in [0, 0.1) is 6.92 Å². The van der Waals surface area contributed by atoms with Crippen LogP contribution in [-0.2, 0) is 0 Å². The summed E-state index contributed by atoms with van der Waals surface area (Å²) < 4.78 is 0. The first kappa shape index (κ1) is 14.6. The van der Waals surface area contributed by atoms with Crippen molar-refractivity contribution < 1.29 is 0 Å². The summed E-state index contributed by atoms with van der Waals surface area (Å²) in [6.07, 6.45) is 1.15. The van der Waals surface area contributed by atoms with Crippen LogP contribution >= 0.6 is 11.3 Å². The van der Waals surface area contributed by atoms with Gasteiger partial charge in [-0.15, -0.1) is 11.3 Å². The lowest BCUT2D eigenvalue weighted by molar-refractivity contribution is 0.724. The molecule has 3 heterocycles. The molecule has 0 spiro atoms. The van der Waals surface area contributed by atoms with Crippen LogP contribution in [0.15, 0.2) is 36.4 Å². The molecule has 0 unspecified atom stereocenters. The first-order chi connectivity index (χ1) is 11.3. The first-order valence-electron chi connectivity index (χ1n) is 8.10. The van der Waals surface area contributed by atoms with Crippen molar-refractivity contribution in [1.82, 2.24) is 15.3 Å². The van der Waals surface area contributed by atoms with E-state index in [1.165, 1.54) is 15.8 Å². The topological polar surface area (TPSA) is 41.1 Å². The Morgan fingerprint density at radius 1 is 1.09 bits per heavy atom. The van der Waals surface area contributed by atoms with Crippen LogP contribution in [0.4, 0.5) is 5.82 Å². The number of hydrogen-bond acceptors (Lipinski definition) is 5. The molecule has 118 valence electrons. The number of nitrogens with one attached hydrogen (secondary N) is 1. The van der Waals surface area contributed by atoms with Gasteiger partial charge in [-0.2, -0.15) is 0 Å². The molecular formula is C18H20N4S. The molecule has 5 heteroatoms. The molecule has 1 aliphatic heterocycles. The van der Waals surface area contributed by atoms with Crippen LogP contribution in [0.25, 0.3) is 20.7 Å². The van der Waals surface area contributed by atoms with Crippen LogP contribution in [-0.4, -0.2) is 36.1 Å². The fraction of sp³-hybridized carbons (Fsp3) is 0.333. The van der Waals surface area contributed by atoms with E-state index in [0.29, 0.717) is 0 Å². The minimum atomic E-state index is 0.853. The maximum Gasteiger partial charge on any atom is 0.141 e. The summed E-state index contributed by atoms with van der Waals surface area (Å²) in [6, 6.07) is 12.8. The van der Waals surface area contributed by atoms with Crippen molar-refractivity contribution in [3.8, 4) is 10.4 Å². The number of aryl methyl sites for hydroxylation is 1. The van der Waals surface area contributed by atoms with Crippen molar-refractivity contribution in [3.05, 3.63) is 42.2 Å². The van der Waals surface area contributed by atoms with E-state index < -0.39 is 0 Å². The average molecular weight is 324 g/mol. The van der Waals surface area contributed by atoms with Gasteiger partial charge in [0.05, 0.1) is 5.39 Å². The van der Waals surface area contributed by atoms with Gasteiger partial charge in [-0.05, 0) is 31.5 Å². The third-order valence-electron chi connectivity index (χ3n) is 4.18. The summed E-state index contributed by atoms with van der Waals surface area (Å²) >= 11 is 1.75. The van der Waals surface area contributed by atoms with Crippen LogP contribution in [0.5, 0.6) is 0 Å². The molecule has 0 amide bonds. The normalized spacial score (nSPS) is 15.8. The number of benzene rings is 1. The molecule has 3 aromatic rings. The number of rotatable bonds is 2. The zero-order valence-electron chi connectivity index (χ0n) is 13.2. The summed E-state index contributed by atoms with van der Waals surface area (Å²) in [6.45, 7) is 6.14. The highest BCUT2D eigenvalue weighted by molar-refractivity contribution is 7.21. The molecule has 1 aromatic carbocycles. The molecule has 0 bridgehead atoms. The van der Waals surface area contributed by atoms with Crippen LogP contribution < -0.4 is 10.2 Å². The molecule has 0 saturated carbocycles. The smallest absolute Gasteiger partial charge is 0.141 e. The molecule has 0 atom stereocenters. The van der Waals surface area contributed by atoms with Gasteiger partial charge in [0.1, 0.15) is 16.5 Å². The van der Waals surface area contributed by atoms with Crippen molar-refractivity contribution in [1.29, 1.82) is 0 Å². The fourth-order valence-corrected chi connectivity index (χ4v) is 4.13. The van der Waals surface area contributed by atoms with E-state index in [1.54, 1.807) is 11.3 Å². The predicted octanol–water partition coefficient (Wildman–Crippen LogP) is 3.47. The van der Waals surface area contributed by atoms with E-state index in [2.05, 4.69) is 51.6 Å². The Balaban J connectivity index is 1.82. The van der Waals surface area contributed by atoms with Crippen molar-refractivity contribution in [2.45, 2.75) is 13.3 Å². The number of aromatic nitrogens is 2. The van der Waals surface area contributed by atoms with Gasteiger partial charge in [0.15, 0.2) is 0 Å². The van der Waals surface area contributed by atoms with Crippen molar-refractivity contribution >= 4 is 27.4 Å². The quantitative estimate of drug-likeness (QED) is 0.784. The van der Waals surface area contributed by atoms with E-state index in [0.717, 1.165) is 49.1 Å². The molecular weight excluding hydrogens is 304 g/mol. The molecule has 1 saturated heterocycles. The molecule has 0 aliphatic carbocycles. The van der Waals surface area contributed by atoms with Crippen molar-refractivity contribution in [2.75, 3.05) is 31.1 Å². The number of thiophene rings is 1. The Hall–Kier alpha value is -1.98. The molecule has 4 nitrogen and oxygen atoms in total. The monoisotopic (exact) mass is 324 g/mol. The van der Waals surface area contributed by atoms with Gasteiger partial charge >= 0.3 is 0 Å². The Kier molecular flexibility index (Phi) is 3.97. The maximum absolute atomic E-state index is 4.77. The molecule has 1 fully saturated rings. The fourth-order valence-electron chi connectivity index (χ4n) is 3.05. The van der Waals surface area contributed by atoms with Crippen LogP contribution in [0.1, 0.15) is 12.2 Å². The zero-order chi connectivity index (χ0) is 15.6. The number of fused-ring (bicyclic) bond motifs is 1. The zero-order valence-corrected chi connectivity index (χ0v) is 14.1. The third kappa shape index (κ3) is 2.94. The molecule has 1 aliphatic rings. The lowest BCUT2D eigenvalue weighted by Gasteiger charge is -2.22. The second-order valence-electron chi connectivity index (χ2n) is 5.88. The second kappa shape index (κ2) is 6.26. The predicted molar refractivity (Wildman–Crippen MR) is 97.3 cm³/mol. The van der Waals surface area contributed by atoms with E-state index in [-0.39, 0.29) is 0 Å². The standard InChI is InChI=1S/C18H20N4S/c1-13-20-17(22-10-5-8-19-9-11-22)15-12-16(23-18(15)21-13)14-6-3-2-4-7-14/h2-4,6-7,12,19H,5,8-11H2,1H3. The van der Waals surface area contributed by atoms with Gasteiger partial charge in [0.25, 0.3) is 0 Å². The molecule has 2 aromatic heterocycles. The highest BCUT2D eigenvalue weighted by Gasteiger charge is 2.17. The molecule has 4 rings (SSSR count). The summed E-state index contributed by atoms with van der Waals surface area (Å²) in [7, 11) is 0. The van der Waals surface area contributed by atoms with E-state index in [9.17, 15) is 0 Å². The molecule has 0 radical (unpaired) electrons. The summed E-state index contributed by atoms with van der Waals surface area (Å²) in [5.41, 5.74) is 1.25. The van der Waals surface area contributed by atoms with Crippen LogP contribution in [0.3, 0.4) is 0 Å². The highest BCUT2D eigenvalue weighted by Crippen LogP contribution is 2.36. The van der Waals surface area contributed by atoms with Gasteiger partial charge < -0.3 is 10.2 Å². The summed E-state index contributed by atoms with van der Waals surface area (Å²) in [4.78, 5) is 14.2. The number of nitrogens with zero attached hydrogens (tertiary/aromatic N) is 3. The SMILES string of the molecule is Cc1nc(N2CCCNCC2)c2cc(-c3ccccc3)sc2n1. The van der Waals surface area contributed by atoms with E-state index in [4.69, 9.17) is 4.98 Å². The van der Waals surface area contributed by atoms with Gasteiger partial charge in [-0.25, -0.2) is 9.97 Å². The molecule has 23 heavy (non-hydrogen) atoms. The minimum absolute atomic E-state index is 0.853. The first-order valence-corrected chi connectivity index (χ1v) is 8.92. The third-order valence-corrected chi connectivity index (χ3v) is 5.26. The van der Waals surface area contributed by atoms with E-state index >= 15 is 0 Å². The minimum Gasteiger partial charge on any atom is -0.355 e. The number of hydrogen-bond donors (Lipinski definition) is 1. The van der Waals surface area contributed by atoms with Crippen molar-refractivity contribution in [3.63, 3.8) is 0 Å². The van der Waals surface area contributed by atoms with Gasteiger partial charge in [-0.3, -0.25) is 0 Å². The van der Waals surface area contributed by atoms with Gasteiger partial charge in [0.2, 0.25) is 0 Å². The number of anilines is 1. The Bertz CT molecular complexity index is 805. The maximum atomic E-state index is 4.77. The average Bonchev–Trinajstić information content (AvgIpc) is 2.81. The summed E-state index contributed by atoms with van der Waals surface area (Å²) in [5.74, 6) is 1.95. The second-order valence-corrected chi connectivity index (χ2v) is 6.91. The highest BCUT2D eigenvalue weighted by atomic mass is 32.1. The summed E-state index contributed by atoms with van der Waals surface area (Å²) in [5, 5.41) is 4.64. The van der Waals surface area contributed by atoms with Gasteiger partial charge in [-0.1, -0.05) is 30.3 Å². The Morgan fingerprint density at radius 3 is 2.83 bits per heavy atom. The van der Waals surface area contributed by atoms with E-state index in [1.807, 2.05) is 6.92 Å². The molecule has 1 N–H and O–H groups in total. The van der Waals surface area contributed by atoms with Crippen LogP contribution in [0.2, 0.25) is 0 Å². The largest absolute Gasteiger partial charge is 0.355 e. The lowest BCUT2D eigenvalue weighted by atomic mass is 10.2. The van der Waals surface area contributed by atoms with Gasteiger partial charge in [0, 0.05) is 24.5 Å². The Labute approximate surface area is 140 Å².